The van der Waals surface area contributed by atoms with Gasteiger partial charge in [-0.05, 0) is 55.4 Å². The second-order valence-corrected chi connectivity index (χ2v) is 4.69. The van der Waals surface area contributed by atoms with Crippen LogP contribution in [0.4, 0.5) is 0 Å². The highest BCUT2D eigenvalue weighted by Gasteiger charge is 2.08. The van der Waals surface area contributed by atoms with Crippen molar-refractivity contribution >= 4 is 0 Å². The minimum Gasteiger partial charge on any atom is -0.496 e. The first-order valence-electron chi connectivity index (χ1n) is 6.39. The van der Waals surface area contributed by atoms with Gasteiger partial charge in [0.15, 0.2) is 0 Å². The van der Waals surface area contributed by atoms with Crippen LogP contribution in [0.2, 0.25) is 0 Å². The van der Waals surface area contributed by atoms with Gasteiger partial charge in [0.25, 0.3) is 0 Å². The third-order valence-corrected chi connectivity index (χ3v) is 3.31. The zero-order chi connectivity index (χ0) is 12.8. The molecule has 0 spiro atoms. The van der Waals surface area contributed by atoms with E-state index in [9.17, 15) is 0 Å². The van der Waals surface area contributed by atoms with E-state index in [1.807, 2.05) is 0 Å². The van der Waals surface area contributed by atoms with Gasteiger partial charge in [-0.2, -0.15) is 0 Å². The molecule has 1 rings (SSSR count). The highest BCUT2D eigenvalue weighted by molar-refractivity contribution is 5.43. The Morgan fingerprint density at radius 2 is 1.94 bits per heavy atom. The van der Waals surface area contributed by atoms with E-state index in [0.29, 0.717) is 5.92 Å². The second kappa shape index (κ2) is 6.48. The molecule has 0 bridgehead atoms. The van der Waals surface area contributed by atoms with Crippen molar-refractivity contribution in [2.45, 2.75) is 40.5 Å². The predicted molar refractivity (Wildman–Crippen MR) is 74.8 cm³/mol. The van der Waals surface area contributed by atoms with E-state index >= 15 is 0 Å². The van der Waals surface area contributed by atoms with Gasteiger partial charge in [-0.3, -0.25) is 0 Å². The molecular formula is C16H24O. The standard InChI is InChI=1S/C16H24O/c1-6-7-8-12(2)11-15-9-10-16(17-5)14(4)13(15)3/h7-10,12H,6,11H2,1-5H3/b8-7-. The maximum absolute atomic E-state index is 5.34. The van der Waals surface area contributed by atoms with Crippen molar-refractivity contribution in [3.8, 4) is 5.75 Å². The van der Waals surface area contributed by atoms with Crippen LogP contribution in [0.5, 0.6) is 5.75 Å². The maximum atomic E-state index is 5.34. The van der Waals surface area contributed by atoms with Crippen molar-refractivity contribution in [1.82, 2.24) is 0 Å². The summed E-state index contributed by atoms with van der Waals surface area (Å²) in [6.45, 7) is 8.75. The average Bonchev–Trinajstić information content (AvgIpc) is 2.33. The van der Waals surface area contributed by atoms with Crippen molar-refractivity contribution in [2.24, 2.45) is 5.92 Å². The van der Waals surface area contributed by atoms with Crippen LogP contribution in [0.15, 0.2) is 24.3 Å². The lowest BCUT2D eigenvalue weighted by atomic mass is 9.94. The molecule has 0 fully saturated rings. The molecule has 0 N–H and O–H groups in total. The number of methoxy groups -OCH3 is 1. The maximum Gasteiger partial charge on any atom is 0.122 e. The van der Waals surface area contributed by atoms with Crippen LogP contribution in [0.3, 0.4) is 0 Å². The van der Waals surface area contributed by atoms with Crippen LogP contribution in [-0.2, 0) is 6.42 Å². The molecule has 17 heavy (non-hydrogen) atoms. The molecule has 1 unspecified atom stereocenters. The van der Waals surface area contributed by atoms with Crippen molar-refractivity contribution < 1.29 is 4.74 Å². The Balaban J connectivity index is 2.85. The third-order valence-electron chi connectivity index (χ3n) is 3.31. The molecule has 1 atom stereocenters. The SMILES string of the molecule is CC/C=C\C(C)Cc1ccc(OC)c(C)c1C. The van der Waals surface area contributed by atoms with E-state index in [-0.39, 0.29) is 0 Å². The van der Waals surface area contributed by atoms with Crippen LogP contribution < -0.4 is 4.74 Å². The third kappa shape index (κ3) is 3.62. The summed E-state index contributed by atoms with van der Waals surface area (Å²) in [4.78, 5) is 0. The van der Waals surface area contributed by atoms with Gasteiger partial charge < -0.3 is 4.74 Å². The van der Waals surface area contributed by atoms with Crippen molar-refractivity contribution in [3.05, 3.63) is 41.0 Å². The smallest absolute Gasteiger partial charge is 0.122 e. The van der Waals surface area contributed by atoms with E-state index in [1.165, 1.54) is 16.7 Å². The van der Waals surface area contributed by atoms with E-state index in [2.05, 4.69) is 52.0 Å². The Labute approximate surface area is 106 Å². The fourth-order valence-corrected chi connectivity index (χ4v) is 2.08. The molecule has 0 radical (unpaired) electrons. The molecule has 0 heterocycles. The molecule has 1 nitrogen and oxygen atoms in total. The van der Waals surface area contributed by atoms with E-state index < -0.39 is 0 Å². The largest absolute Gasteiger partial charge is 0.496 e. The number of benzene rings is 1. The van der Waals surface area contributed by atoms with Crippen LogP contribution >= 0.6 is 0 Å². The lowest BCUT2D eigenvalue weighted by Gasteiger charge is -2.14. The molecule has 0 aliphatic carbocycles. The number of ether oxygens (including phenoxy) is 1. The summed E-state index contributed by atoms with van der Waals surface area (Å²) in [6.07, 6.45) is 6.77. The molecule has 0 aromatic heterocycles. The summed E-state index contributed by atoms with van der Waals surface area (Å²) in [5, 5.41) is 0. The molecule has 1 aromatic carbocycles. The van der Waals surface area contributed by atoms with Crippen LogP contribution in [-0.4, -0.2) is 7.11 Å². The predicted octanol–water partition coefficient (Wildman–Crippen LogP) is 4.46. The molecular weight excluding hydrogens is 208 g/mol. The van der Waals surface area contributed by atoms with Gasteiger partial charge in [-0.15, -0.1) is 0 Å². The Kier molecular flexibility index (Phi) is 5.27. The number of hydrogen-bond donors (Lipinski definition) is 0. The molecule has 0 aliphatic heterocycles. The molecule has 0 saturated carbocycles. The van der Waals surface area contributed by atoms with E-state index in [0.717, 1.165) is 18.6 Å². The summed E-state index contributed by atoms with van der Waals surface area (Å²) in [7, 11) is 1.73. The highest BCUT2D eigenvalue weighted by atomic mass is 16.5. The first kappa shape index (κ1) is 13.8. The Bertz CT molecular complexity index is 391. The Morgan fingerprint density at radius 1 is 1.24 bits per heavy atom. The van der Waals surface area contributed by atoms with Crippen molar-refractivity contribution in [2.75, 3.05) is 7.11 Å². The first-order chi connectivity index (χ1) is 8.10. The van der Waals surface area contributed by atoms with Crippen LogP contribution in [0.1, 0.15) is 37.0 Å². The lowest BCUT2D eigenvalue weighted by molar-refractivity contribution is 0.411. The minimum atomic E-state index is 0.599. The summed E-state index contributed by atoms with van der Waals surface area (Å²) in [5.74, 6) is 1.59. The van der Waals surface area contributed by atoms with Gasteiger partial charge >= 0.3 is 0 Å². The molecule has 0 aliphatic rings. The lowest BCUT2D eigenvalue weighted by Crippen LogP contribution is -2.01. The minimum absolute atomic E-state index is 0.599. The highest BCUT2D eigenvalue weighted by Crippen LogP contribution is 2.25. The monoisotopic (exact) mass is 232 g/mol. The van der Waals surface area contributed by atoms with Gasteiger partial charge in [0.1, 0.15) is 5.75 Å². The number of allylic oxidation sites excluding steroid dienone is 2. The number of rotatable bonds is 5. The van der Waals surface area contributed by atoms with Gasteiger partial charge in [-0.25, -0.2) is 0 Å². The average molecular weight is 232 g/mol. The van der Waals surface area contributed by atoms with Gasteiger partial charge in [0.05, 0.1) is 7.11 Å². The molecule has 1 aromatic rings. The summed E-state index contributed by atoms with van der Waals surface area (Å²) >= 11 is 0. The fraction of sp³-hybridized carbons (Fsp3) is 0.500. The Morgan fingerprint density at radius 3 is 2.53 bits per heavy atom. The van der Waals surface area contributed by atoms with E-state index in [1.54, 1.807) is 7.11 Å². The summed E-state index contributed by atoms with van der Waals surface area (Å²) in [5.41, 5.74) is 4.05. The molecule has 0 saturated heterocycles. The van der Waals surface area contributed by atoms with E-state index in [4.69, 9.17) is 4.74 Å². The molecule has 94 valence electrons. The van der Waals surface area contributed by atoms with Gasteiger partial charge in [0, 0.05) is 0 Å². The fourth-order valence-electron chi connectivity index (χ4n) is 2.08. The normalized spacial score (nSPS) is 13.0. The second-order valence-electron chi connectivity index (χ2n) is 4.69. The zero-order valence-electron chi connectivity index (χ0n) is 11.7. The van der Waals surface area contributed by atoms with Gasteiger partial charge in [-0.1, -0.05) is 32.1 Å². The quantitative estimate of drug-likeness (QED) is 0.681. The van der Waals surface area contributed by atoms with Crippen LogP contribution in [0.25, 0.3) is 0 Å². The van der Waals surface area contributed by atoms with Crippen molar-refractivity contribution in [3.63, 3.8) is 0 Å². The van der Waals surface area contributed by atoms with Gasteiger partial charge in [0.2, 0.25) is 0 Å². The molecule has 0 amide bonds. The summed E-state index contributed by atoms with van der Waals surface area (Å²) < 4.78 is 5.34. The first-order valence-corrected chi connectivity index (χ1v) is 6.39. The Hall–Kier alpha value is -1.24. The molecule has 1 heteroatoms. The summed E-state index contributed by atoms with van der Waals surface area (Å²) in [6, 6.07) is 4.27. The van der Waals surface area contributed by atoms with Crippen molar-refractivity contribution in [1.29, 1.82) is 0 Å². The van der Waals surface area contributed by atoms with Crippen LogP contribution in [0, 0.1) is 19.8 Å². The topological polar surface area (TPSA) is 9.23 Å². The zero-order valence-corrected chi connectivity index (χ0v) is 11.7. The number of hydrogen-bond acceptors (Lipinski definition) is 1.